The Kier molecular flexibility index (Phi) is 9.41. The van der Waals surface area contributed by atoms with Gasteiger partial charge in [0.05, 0.1) is 6.04 Å². The van der Waals surface area contributed by atoms with Gasteiger partial charge in [0.1, 0.15) is 5.82 Å². The lowest BCUT2D eigenvalue weighted by molar-refractivity contribution is -0.122. The van der Waals surface area contributed by atoms with Crippen molar-refractivity contribution in [3.8, 4) is 0 Å². The van der Waals surface area contributed by atoms with Gasteiger partial charge in [0.15, 0.2) is 0 Å². The molecule has 1 saturated heterocycles. The Morgan fingerprint density at radius 2 is 1.81 bits per heavy atom. The number of pyridine rings is 1. The maximum atomic E-state index is 12.2. The molecule has 0 aliphatic carbocycles. The summed E-state index contributed by atoms with van der Waals surface area (Å²) in [7, 11) is 0. The minimum Gasteiger partial charge on any atom is -0.357 e. The SMILES string of the molecule is Cl.Cl.NC(Cc1ccccc1)C(=O)NCc1ccnc(N2CCCC2)c1. The molecule has 0 radical (unpaired) electrons. The van der Waals surface area contributed by atoms with Crippen molar-refractivity contribution >= 4 is 36.5 Å². The van der Waals surface area contributed by atoms with E-state index in [1.165, 1.54) is 12.8 Å². The largest absolute Gasteiger partial charge is 0.357 e. The third-order valence-electron chi connectivity index (χ3n) is 4.34. The summed E-state index contributed by atoms with van der Waals surface area (Å²) in [5.74, 6) is 0.867. The molecule has 1 aromatic heterocycles. The Balaban J connectivity index is 0.00000169. The number of benzene rings is 1. The van der Waals surface area contributed by atoms with E-state index in [-0.39, 0.29) is 30.7 Å². The fourth-order valence-corrected chi connectivity index (χ4v) is 2.97. The second-order valence-electron chi connectivity index (χ2n) is 6.23. The lowest BCUT2D eigenvalue weighted by atomic mass is 10.1. The Hall–Kier alpha value is -1.82. The third-order valence-corrected chi connectivity index (χ3v) is 4.34. The molecule has 1 amide bonds. The van der Waals surface area contributed by atoms with Crippen molar-refractivity contribution in [1.29, 1.82) is 0 Å². The van der Waals surface area contributed by atoms with E-state index >= 15 is 0 Å². The summed E-state index contributed by atoms with van der Waals surface area (Å²) in [6, 6.07) is 13.3. The summed E-state index contributed by atoms with van der Waals surface area (Å²) in [5, 5.41) is 2.93. The van der Waals surface area contributed by atoms with Crippen molar-refractivity contribution in [2.45, 2.75) is 31.8 Å². The van der Waals surface area contributed by atoms with Gasteiger partial charge in [-0.1, -0.05) is 30.3 Å². The standard InChI is InChI=1S/C19H24N4O.2ClH/c20-17(12-15-6-2-1-3-7-15)19(24)22-14-16-8-9-21-18(13-16)23-10-4-5-11-23;;/h1-3,6-9,13,17H,4-5,10-12,14,20H2,(H,22,24);2*1H. The average molecular weight is 397 g/mol. The molecule has 0 saturated carbocycles. The van der Waals surface area contributed by atoms with E-state index in [2.05, 4.69) is 15.2 Å². The van der Waals surface area contributed by atoms with Gasteiger partial charge in [-0.3, -0.25) is 4.79 Å². The molecule has 0 bridgehead atoms. The first-order valence-corrected chi connectivity index (χ1v) is 8.49. The number of amides is 1. The second kappa shape index (κ2) is 11.0. The molecule has 142 valence electrons. The van der Waals surface area contributed by atoms with Gasteiger partial charge < -0.3 is 16.0 Å². The number of hydrogen-bond donors (Lipinski definition) is 2. The quantitative estimate of drug-likeness (QED) is 0.787. The monoisotopic (exact) mass is 396 g/mol. The Morgan fingerprint density at radius 1 is 1.12 bits per heavy atom. The van der Waals surface area contributed by atoms with Gasteiger partial charge >= 0.3 is 0 Å². The molecule has 3 rings (SSSR count). The highest BCUT2D eigenvalue weighted by atomic mass is 35.5. The number of aromatic nitrogens is 1. The highest BCUT2D eigenvalue weighted by Gasteiger charge is 2.15. The number of halogens is 2. The number of carbonyl (C=O) groups is 1. The average Bonchev–Trinajstić information content (AvgIpc) is 3.15. The van der Waals surface area contributed by atoms with Gasteiger partial charge in [0.2, 0.25) is 5.91 Å². The van der Waals surface area contributed by atoms with Crippen molar-refractivity contribution < 1.29 is 4.79 Å². The van der Waals surface area contributed by atoms with E-state index in [0.717, 1.165) is 30.0 Å². The van der Waals surface area contributed by atoms with E-state index in [1.54, 1.807) is 6.20 Å². The zero-order chi connectivity index (χ0) is 16.8. The van der Waals surface area contributed by atoms with Crippen molar-refractivity contribution in [2.75, 3.05) is 18.0 Å². The number of rotatable bonds is 6. The number of nitrogens with two attached hydrogens (primary N) is 1. The zero-order valence-electron chi connectivity index (χ0n) is 14.6. The lowest BCUT2D eigenvalue weighted by Crippen LogP contribution is -2.41. The van der Waals surface area contributed by atoms with Crippen LogP contribution in [0.5, 0.6) is 0 Å². The number of carbonyl (C=O) groups excluding carboxylic acids is 1. The van der Waals surface area contributed by atoms with Crippen molar-refractivity contribution in [3.05, 3.63) is 59.8 Å². The molecule has 5 nitrogen and oxygen atoms in total. The summed E-state index contributed by atoms with van der Waals surface area (Å²) < 4.78 is 0. The van der Waals surface area contributed by atoms with Crippen molar-refractivity contribution in [3.63, 3.8) is 0 Å². The molecule has 1 unspecified atom stereocenters. The number of nitrogens with zero attached hydrogens (tertiary/aromatic N) is 2. The van der Waals surface area contributed by atoms with Crippen LogP contribution in [0.25, 0.3) is 0 Å². The molecular weight excluding hydrogens is 371 g/mol. The highest BCUT2D eigenvalue weighted by molar-refractivity contribution is 5.85. The molecule has 3 N–H and O–H groups in total. The van der Waals surface area contributed by atoms with Gasteiger partial charge in [-0.2, -0.15) is 0 Å². The fraction of sp³-hybridized carbons (Fsp3) is 0.368. The fourth-order valence-electron chi connectivity index (χ4n) is 2.97. The summed E-state index contributed by atoms with van der Waals surface area (Å²) in [6.07, 6.45) is 4.79. The normalized spacial score (nSPS) is 14.1. The van der Waals surface area contributed by atoms with Crippen LogP contribution in [0.4, 0.5) is 5.82 Å². The van der Waals surface area contributed by atoms with Gasteiger partial charge in [-0.25, -0.2) is 4.98 Å². The molecule has 7 heteroatoms. The summed E-state index contributed by atoms with van der Waals surface area (Å²) in [6.45, 7) is 2.60. The van der Waals surface area contributed by atoms with Gasteiger partial charge in [0.25, 0.3) is 0 Å². The second-order valence-corrected chi connectivity index (χ2v) is 6.23. The van der Waals surface area contributed by atoms with Crippen LogP contribution in [-0.4, -0.2) is 30.0 Å². The third kappa shape index (κ3) is 6.16. The Labute approximate surface area is 167 Å². The van der Waals surface area contributed by atoms with E-state index in [0.29, 0.717) is 13.0 Å². The molecule has 1 aliphatic rings. The molecule has 1 atom stereocenters. The molecule has 1 aromatic carbocycles. The van der Waals surface area contributed by atoms with E-state index in [1.807, 2.05) is 42.5 Å². The van der Waals surface area contributed by atoms with Crippen LogP contribution >= 0.6 is 24.8 Å². The maximum absolute atomic E-state index is 12.2. The molecule has 2 heterocycles. The Bertz CT molecular complexity index is 678. The summed E-state index contributed by atoms with van der Waals surface area (Å²) in [5.41, 5.74) is 8.13. The number of hydrogen-bond acceptors (Lipinski definition) is 4. The van der Waals surface area contributed by atoms with Crippen LogP contribution in [0.2, 0.25) is 0 Å². The van der Waals surface area contributed by atoms with Crippen LogP contribution in [0.15, 0.2) is 48.7 Å². The molecule has 26 heavy (non-hydrogen) atoms. The zero-order valence-corrected chi connectivity index (χ0v) is 16.3. The van der Waals surface area contributed by atoms with Crippen molar-refractivity contribution in [1.82, 2.24) is 10.3 Å². The predicted octanol–water partition coefficient (Wildman–Crippen LogP) is 2.71. The number of anilines is 1. The van der Waals surface area contributed by atoms with Crippen LogP contribution < -0.4 is 16.0 Å². The van der Waals surface area contributed by atoms with Gasteiger partial charge in [0, 0.05) is 25.8 Å². The summed E-state index contributed by atoms with van der Waals surface area (Å²) >= 11 is 0. The molecular formula is C19H26Cl2N4O. The van der Waals surface area contributed by atoms with E-state index < -0.39 is 6.04 Å². The first-order chi connectivity index (χ1) is 11.7. The van der Waals surface area contributed by atoms with Crippen LogP contribution in [-0.2, 0) is 17.8 Å². The topological polar surface area (TPSA) is 71.2 Å². The first-order valence-electron chi connectivity index (χ1n) is 8.49. The Morgan fingerprint density at radius 3 is 2.50 bits per heavy atom. The van der Waals surface area contributed by atoms with Crippen LogP contribution in [0.3, 0.4) is 0 Å². The van der Waals surface area contributed by atoms with E-state index in [9.17, 15) is 4.79 Å². The van der Waals surface area contributed by atoms with Crippen LogP contribution in [0.1, 0.15) is 24.0 Å². The molecule has 1 fully saturated rings. The predicted molar refractivity (Wildman–Crippen MR) is 110 cm³/mol. The van der Waals surface area contributed by atoms with Crippen molar-refractivity contribution in [2.24, 2.45) is 5.73 Å². The van der Waals surface area contributed by atoms with E-state index in [4.69, 9.17) is 5.73 Å². The first kappa shape index (κ1) is 22.2. The molecule has 1 aliphatic heterocycles. The maximum Gasteiger partial charge on any atom is 0.237 e. The van der Waals surface area contributed by atoms with Gasteiger partial charge in [-0.05, 0) is 42.5 Å². The minimum atomic E-state index is -0.535. The van der Waals surface area contributed by atoms with Crippen LogP contribution in [0, 0.1) is 0 Å². The summed E-state index contributed by atoms with van der Waals surface area (Å²) in [4.78, 5) is 18.9. The molecule has 0 spiro atoms. The van der Waals surface area contributed by atoms with Gasteiger partial charge in [-0.15, -0.1) is 24.8 Å². The highest BCUT2D eigenvalue weighted by Crippen LogP contribution is 2.18. The lowest BCUT2D eigenvalue weighted by Gasteiger charge is -2.17. The smallest absolute Gasteiger partial charge is 0.237 e. The minimum absolute atomic E-state index is 0. The molecule has 2 aromatic rings. The number of nitrogens with one attached hydrogen (secondary N) is 1.